The first kappa shape index (κ1) is 17.8. The van der Waals surface area contributed by atoms with Crippen LogP contribution in [0.2, 0.25) is 0 Å². The standard InChI is InChI=1S/C21H20FNO3/c1-25-21-11-4-16(12-20(21)24)14-23-13-15-2-7-18(8-3-15)26-19-9-5-17(22)6-10-19/h2-12,23-24H,13-14H2,1H3. The van der Waals surface area contributed by atoms with Gasteiger partial charge < -0.3 is 19.9 Å². The minimum Gasteiger partial charge on any atom is -0.504 e. The molecule has 0 radical (unpaired) electrons. The number of methoxy groups -OCH3 is 1. The number of ether oxygens (including phenoxy) is 2. The number of hydrogen-bond acceptors (Lipinski definition) is 4. The number of nitrogens with one attached hydrogen (secondary N) is 1. The van der Waals surface area contributed by atoms with Crippen LogP contribution < -0.4 is 14.8 Å². The Bertz CT molecular complexity index is 848. The first-order valence-electron chi connectivity index (χ1n) is 8.23. The van der Waals surface area contributed by atoms with Crippen LogP contribution in [0.1, 0.15) is 11.1 Å². The molecule has 0 unspecified atom stereocenters. The molecule has 0 aliphatic heterocycles. The molecule has 0 saturated heterocycles. The Morgan fingerprint density at radius 1 is 0.846 bits per heavy atom. The van der Waals surface area contributed by atoms with Gasteiger partial charge in [0.05, 0.1) is 7.11 Å². The van der Waals surface area contributed by atoms with Gasteiger partial charge >= 0.3 is 0 Å². The highest BCUT2D eigenvalue weighted by Crippen LogP contribution is 2.26. The molecule has 2 N–H and O–H groups in total. The summed E-state index contributed by atoms with van der Waals surface area (Å²) in [5, 5.41) is 13.1. The van der Waals surface area contributed by atoms with Crippen molar-refractivity contribution in [2.75, 3.05) is 7.11 Å². The second kappa shape index (κ2) is 8.36. The largest absolute Gasteiger partial charge is 0.504 e. The van der Waals surface area contributed by atoms with Crippen molar-refractivity contribution in [1.29, 1.82) is 0 Å². The lowest BCUT2D eigenvalue weighted by Crippen LogP contribution is -2.12. The molecule has 26 heavy (non-hydrogen) atoms. The monoisotopic (exact) mass is 353 g/mol. The molecule has 0 spiro atoms. The Balaban J connectivity index is 1.51. The molecule has 0 saturated carbocycles. The molecular weight excluding hydrogens is 333 g/mol. The van der Waals surface area contributed by atoms with Gasteiger partial charge in [0.1, 0.15) is 17.3 Å². The molecular formula is C21H20FNO3. The first-order chi connectivity index (χ1) is 12.6. The van der Waals surface area contributed by atoms with Gasteiger partial charge in [-0.25, -0.2) is 4.39 Å². The van der Waals surface area contributed by atoms with E-state index in [9.17, 15) is 9.50 Å². The molecule has 5 heteroatoms. The zero-order valence-electron chi connectivity index (χ0n) is 14.4. The van der Waals surface area contributed by atoms with E-state index in [-0.39, 0.29) is 11.6 Å². The topological polar surface area (TPSA) is 50.7 Å². The summed E-state index contributed by atoms with van der Waals surface area (Å²) in [5.74, 6) is 1.60. The predicted molar refractivity (Wildman–Crippen MR) is 98.1 cm³/mol. The van der Waals surface area contributed by atoms with Gasteiger partial charge in [0.15, 0.2) is 11.5 Å². The molecule has 0 fully saturated rings. The fourth-order valence-corrected chi connectivity index (χ4v) is 2.51. The van der Waals surface area contributed by atoms with Crippen molar-refractivity contribution >= 4 is 0 Å². The second-order valence-electron chi connectivity index (χ2n) is 5.81. The van der Waals surface area contributed by atoms with Gasteiger partial charge in [0, 0.05) is 13.1 Å². The van der Waals surface area contributed by atoms with E-state index in [0.29, 0.717) is 30.3 Å². The summed E-state index contributed by atoms with van der Waals surface area (Å²) >= 11 is 0. The smallest absolute Gasteiger partial charge is 0.160 e. The summed E-state index contributed by atoms with van der Waals surface area (Å²) in [4.78, 5) is 0. The fraction of sp³-hybridized carbons (Fsp3) is 0.143. The van der Waals surface area contributed by atoms with Gasteiger partial charge in [-0.3, -0.25) is 0 Å². The molecule has 0 aliphatic rings. The SMILES string of the molecule is COc1ccc(CNCc2ccc(Oc3ccc(F)cc3)cc2)cc1O. The average Bonchev–Trinajstić information content (AvgIpc) is 2.65. The number of aromatic hydroxyl groups is 1. The highest BCUT2D eigenvalue weighted by Gasteiger charge is 2.03. The van der Waals surface area contributed by atoms with E-state index in [4.69, 9.17) is 9.47 Å². The van der Waals surface area contributed by atoms with Gasteiger partial charge in [-0.15, -0.1) is 0 Å². The van der Waals surface area contributed by atoms with Crippen molar-refractivity contribution in [3.05, 3.63) is 83.7 Å². The summed E-state index contributed by atoms with van der Waals surface area (Å²) < 4.78 is 23.6. The predicted octanol–water partition coefficient (Wildman–Crippen LogP) is 4.62. The van der Waals surface area contributed by atoms with Crippen LogP contribution in [-0.2, 0) is 13.1 Å². The van der Waals surface area contributed by atoms with Gasteiger partial charge in [-0.2, -0.15) is 0 Å². The Morgan fingerprint density at radius 3 is 2.04 bits per heavy atom. The summed E-state index contributed by atoms with van der Waals surface area (Å²) in [6.07, 6.45) is 0. The van der Waals surface area contributed by atoms with Gasteiger partial charge in [-0.05, 0) is 59.7 Å². The quantitative estimate of drug-likeness (QED) is 0.651. The highest BCUT2D eigenvalue weighted by molar-refractivity contribution is 5.41. The zero-order chi connectivity index (χ0) is 18.4. The molecule has 0 aromatic heterocycles. The molecule has 3 aromatic rings. The third kappa shape index (κ3) is 4.74. The van der Waals surface area contributed by atoms with E-state index < -0.39 is 0 Å². The summed E-state index contributed by atoms with van der Waals surface area (Å²) in [7, 11) is 1.52. The number of phenols is 1. The van der Waals surface area contributed by atoms with Gasteiger partial charge in [0.25, 0.3) is 0 Å². The van der Waals surface area contributed by atoms with Crippen LogP contribution in [0, 0.1) is 5.82 Å². The van der Waals surface area contributed by atoms with E-state index in [1.54, 1.807) is 24.3 Å². The van der Waals surface area contributed by atoms with Crippen molar-refractivity contribution in [2.24, 2.45) is 0 Å². The third-order valence-corrected chi connectivity index (χ3v) is 3.87. The number of benzene rings is 3. The lowest BCUT2D eigenvalue weighted by atomic mass is 10.2. The summed E-state index contributed by atoms with van der Waals surface area (Å²) in [5.41, 5.74) is 2.08. The first-order valence-corrected chi connectivity index (χ1v) is 8.23. The molecule has 0 heterocycles. The number of phenolic OH excluding ortho intramolecular Hbond substituents is 1. The van der Waals surface area contributed by atoms with E-state index in [1.165, 1.54) is 19.2 Å². The van der Waals surface area contributed by atoms with E-state index >= 15 is 0 Å². The molecule has 0 atom stereocenters. The highest BCUT2D eigenvalue weighted by atomic mass is 19.1. The van der Waals surface area contributed by atoms with Crippen LogP contribution in [0.15, 0.2) is 66.7 Å². The van der Waals surface area contributed by atoms with Crippen molar-refractivity contribution in [2.45, 2.75) is 13.1 Å². The van der Waals surface area contributed by atoms with Crippen LogP contribution in [0.25, 0.3) is 0 Å². The Morgan fingerprint density at radius 2 is 1.42 bits per heavy atom. The molecule has 134 valence electrons. The van der Waals surface area contributed by atoms with Crippen LogP contribution in [0.3, 0.4) is 0 Å². The molecule has 0 bridgehead atoms. The van der Waals surface area contributed by atoms with Crippen molar-refractivity contribution in [3.8, 4) is 23.0 Å². The fourth-order valence-electron chi connectivity index (χ4n) is 2.51. The van der Waals surface area contributed by atoms with Crippen LogP contribution in [0.5, 0.6) is 23.0 Å². The number of halogens is 1. The van der Waals surface area contributed by atoms with E-state index in [0.717, 1.165) is 11.1 Å². The minimum atomic E-state index is -0.288. The molecule has 0 aliphatic carbocycles. The lowest BCUT2D eigenvalue weighted by molar-refractivity contribution is 0.373. The second-order valence-corrected chi connectivity index (χ2v) is 5.81. The van der Waals surface area contributed by atoms with Crippen LogP contribution >= 0.6 is 0 Å². The zero-order valence-corrected chi connectivity index (χ0v) is 14.4. The average molecular weight is 353 g/mol. The molecule has 3 rings (SSSR count). The van der Waals surface area contributed by atoms with Crippen LogP contribution in [-0.4, -0.2) is 12.2 Å². The Labute approximate surface area is 151 Å². The van der Waals surface area contributed by atoms with Crippen molar-refractivity contribution in [1.82, 2.24) is 5.32 Å². The molecule has 3 aromatic carbocycles. The van der Waals surface area contributed by atoms with Gasteiger partial charge in [-0.1, -0.05) is 18.2 Å². The van der Waals surface area contributed by atoms with Crippen molar-refractivity contribution < 1.29 is 19.0 Å². The number of hydrogen-bond donors (Lipinski definition) is 2. The molecule has 0 amide bonds. The molecule has 4 nitrogen and oxygen atoms in total. The Hall–Kier alpha value is -3.05. The maximum atomic E-state index is 12.9. The number of rotatable bonds is 7. The maximum Gasteiger partial charge on any atom is 0.160 e. The third-order valence-electron chi connectivity index (χ3n) is 3.87. The van der Waals surface area contributed by atoms with E-state index in [1.807, 2.05) is 30.3 Å². The van der Waals surface area contributed by atoms with E-state index in [2.05, 4.69) is 5.32 Å². The summed E-state index contributed by atoms with van der Waals surface area (Å²) in [6.45, 7) is 1.31. The maximum absolute atomic E-state index is 12.9. The lowest BCUT2D eigenvalue weighted by Gasteiger charge is -2.09. The van der Waals surface area contributed by atoms with Crippen LogP contribution in [0.4, 0.5) is 4.39 Å². The van der Waals surface area contributed by atoms with Crippen molar-refractivity contribution in [3.63, 3.8) is 0 Å². The minimum absolute atomic E-state index is 0.133. The summed E-state index contributed by atoms with van der Waals surface area (Å²) in [6, 6.07) is 18.9. The Kier molecular flexibility index (Phi) is 5.71. The normalized spacial score (nSPS) is 10.5. The van der Waals surface area contributed by atoms with Gasteiger partial charge in [0.2, 0.25) is 0 Å².